The van der Waals surface area contributed by atoms with E-state index in [1.54, 1.807) is 16.7 Å². The Labute approximate surface area is 141 Å². The number of nitrogens with zero attached hydrogens (tertiary/aromatic N) is 1. The second-order valence-corrected chi connectivity index (χ2v) is 6.86. The van der Waals surface area contributed by atoms with Gasteiger partial charge in [0.05, 0.1) is 5.25 Å². The number of rotatable bonds is 6. The predicted octanol–water partition coefficient (Wildman–Crippen LogP) is 4.87. The van der Waals surface area contributed by atoms with Gasteiger partial charge >= 0.3 is 0 Å². The molecule has 0 aromatic heterocycles. The van der Waals surface area contributed by atoms with Crippen molar-refractivity contribution in [1.82, 2.24) is 4.90 Å². The third-order valence-corrected chi connectivity index (χ3v) is 4.99. The quantitative estimate of drug-likeness (QED) is 0.703. The standard InChI is InChI=1S/C18H20ClNOS/c1-3-17(22-16-11-9-15(19)10-12-16)18(21)20(2)13-14-7-5-4-6-8-14/h4-12,17H,3,13H2,1-2H3/t17-/m0/s1. The molecule has 0 saturated heterocycles. The van der Waals surface area contributed by atoms with Crippen LogP contribution in [0.25, 0.3) is 0 Å². The van der Waals surface area contributed by atoms with Crippen molar-refractivity contribution in [2.45, 2.75) is 30.0 Å². The van der Waals surface area contributed by atoms with E-state index < -0.39 is 0 Å². The Morgan fingerprint density at radius 2 is 1.77 bits per heavy atom. The van der Waals surface area contributed by atoms with Crippen LogP contribution < -0.4 is 0 Å². The predicted molar refractivity (Wildman–Crippen MR) is 94.3 cm³/mol. The van der Waals surface area contributed by atoms with Crippen molar-refractivity contribution in [3.63, 3.8) is 0 Å². The maximum Gasteiger partial charge on any atom is 0.236 e. The fourth-order valence-electron chi connectivity index (χ4n) is 2.17. The summed E-state index contributed by atoms with van der Waals surface area (Å²) >= 11 is 7.50. The molecule has 0 bridgehead atoms. The van der Waals surface area contributed by atoms with E-state index in [2.05, 4.69) is 0 Å². The highest BCUT2D eigenvalue weighted by Gasteiger charge is 2.21. The minimum atomic E-state index is -0.0742. The SMILES string of the molecule is CC[C@H](Sc1ccc(Cl)cc1)C(=O)N(C)Cc1ccccc1. The van der Waals surface area contributed by atoms with Gasteiger partial charge in [0.2, 0.25) is 5.91 Å². The molecule has 22 heavy (non-hydrogen) atoms. The van der Waals surface area contributed by atoms with E-state index >= 15 is 0 Å². The van der Waals surface area contributed by atoms with Crippen molar-refractivity contribution in [3.05, 3.63) is 65.2 Å². The number of hydrogen-bond donors (Lipinski definition) is 0. The van der Waals surface area contributed by atoms with Crippen LogP contribution in [0, 0.1) is 0 Å². The number of amides is 1. The van der Waals surface area contributed by atoms with Crippen LogP contribution in [0.1, 0.15) is 18.9 Å². The summed E-state index contributed by atoms with van der Waals surface area (Å²) in [5.41, 5.74) is 1.14. The van der Waals surface area contributed by atoms with Gasteiger partial charge in [-0.25, -0.2) is 0 Å². The first kappa shape index (κ1) is 16.9. The molecule has 116 valence electrons. The summed E-state index contributed by atoms with van der Waals surface area (Å²) in [4.78, 5) is 15.5. The van der Waals surface area contributed by atoms with Gasteiger partial charge in [-0.05, 0) is 36.2 Å². The van der Waals surface area contributed by atoms with Crippen LogP contribution in [-0.4, -0.2) is 23.1 Å². The highest BCUT2D eigenvalue weighted by atomic mass is 35.5. The Morgan fingerprint density at radius 1 is 1.14 bits per heavy atom. The summed E-state index contributed by atoms with van der Waals surface area (Å²) in [5, 5.41) is 0.639. The molecule has 0 spiro atoms. The molecule has 0 fully saturated rings. The topological polar surface area (TPSA) is 20.3 Å². The molecule has 0 radical (unpaired) electrons. The average Bonchev–Trinajstić information content (AvgIpc) is 2.54. The molecule has 4 heteroatoms. The van der Waals surface area contributed by atoms with Gasteiger partial charge in [0, 0.05) is 23.5 Å². The third-order valence-electron chi connectivity index (χ3n) is 3.38. The van der Waals surface area contributed by atoms with Crippen LogP contribution in [0.3, 0.4) is 0 Å². The van der Waals surface area contributed by atoms with Crippen LogP contribution in [0.4, 0.5) is 0 Å². The first-order valence-corrected chi connectivity index (χ1v) is 8.57. The highest BCUT2D eigenvalue weighted by molar-refractivity contribution is 8.00. The number of hydrogen-bond acceptors (Lipinski definition) is 2. The van der Waals surface area contributed by atoms with E-state index in [1.807, 2.05) is 68.6 Å². The van der Waals surface area contributed by atoms with E-state index in [-0.39, 0.29) is 11.2 Å². The van der Waals surface area contributed by atoms with Gasteiger partial charge in [0.1, 0.15) is 0 Å². The Kier molecular flexibility index (Phi) is 6.34. The van der Waals surface area contributed by atoms with Gasteiger partial charge in [-0.2, -0.15) is 0 Å². The van der Waals surface area contributed by atoms with Crippen LogP contribution >= 0.6 is 23.4 Å². The van der Waals surface area contributed by atoms with Gasteiger partial charge in [0.25, 0.3) is 0 Å². The fourth-order valence-corrected chi connectivity index (χ4v) is 3.36. The van der Waals surface area contributed by atoms with Crippen molar-refractivity contribution in [2.24, 2.45) is 0 Å². The third kappa shape index (κ3) is 4.79. The fraction of sp³-hybridized carbons (Fsp3) is 0.278. The second kappa shape index (κ2) is 8.25. The second-order valence-electron chi connectivity index (χ2n) is 5.15. The van der Waals surface area contributed by atoms with Crippen molar-refractivity contribution >= 4 is 29.3 Å². The summed E-state index contributed by atoms with van der Waals surface area (Å²) in [6, 6.07) is 17.7. The van der Waals surface area contributed by atoms with E-state index in [4.69, 9.17) is 11.6 Å². The lowest BCUT2D eigenvalue weighted by Crippen LogP contribution is -2.34. The van der Waals surface area contributed by atoms with Gasteiger partial charge in [0.15, 0.2) is 0 Å². The van der Waals surface area contributed by atoms with Gasteiger partial charge in [-0.15, -0.1) is 11.8 Å². The number of carbonyl (C=O) groups is 1. The Morgan fingerprint density at radius 3 is 2.36 bits per heavy atom. The van der Waals surface area contributed by atoms with Gasteiger partial charge in [-0.3, -0.25) is 4.79 Å². The molecule has 0 N–H and O–H groups in total. The van der Waals surface area contributed by atoms with E-state index in [1.165, 1.54) is 0 Å². The van der Waals surface area contributed by atoms with Crippen molar-refractivity contribution < 1.29 is 4.79 Å². The van der Waals surface area contributed by atoms with E-state index in [0.29, 0.717) is 11.6 Å². The molecule has 0 aliphatic heterocycles. The Hall–Kier alpha value is -1.45. The molecule has 2 rings (SSSR count). The summed E-state index contributed by atoms with van der Waals surface area (Å²) in [6.07, 6.45) is 0.797. The molecular formula is C18H20ClNOS. The number of carbonyl (C=O) groups excluding carboxylic acids is 1. The van der Waals surface area contributed by atoms with E-state index in [0.717, 1.165) is 16.9 Å². The maximum absolute atomic E-state index is 12.6. The van der Waals surface area contributed by atoms with Gasteiger partial charge in [-0.1, -0.05) is 48.9 Å². The molecule has 0 heterocycles. The lowest BCUT2D eigenvalue weighted by atomic mass is 10.2. The van der Waals surface area contributed by atoms with Crippen LogP contribution in [0.2, 0.25) is 5.02 Å². The molecule has 0 unspecified atom stereocenters. The summed E-state index contributed by atoms with van der Waals surface area (Å²) < 4.78 is 0. The molecule has 1 amide bonds. The van der Waals surface area contributed by atoms with Crippen LogP contribution in [0.15, 0.2) is 59.5 Å². The molecule has 2 aromatic rings. The summed E-state index contributed by atoms with van der Waals surface area (Å²) in [7, 11) is 1.86. The molecule has 0 aliphatic carbocycles. The molecule has 1 atom stereocenters. The minimum absolute atomic E-state index is 0.0742. The first-order valence-electron chi connectivity index (χ1n) is 7.31. The lowest BCUT2D eigenvalue weighted by Gasteiger charge is -2.23. The lowest BCUT2D eigenvalue weighted by molar-refractivity contribution is -0.129. The van der Waals surface area contributed by atoms with Gasteiger partial charge < -0.3 is 4.90 Å². The van der Waals surface area contributed by atoms with Crippen molar-refractivity contribution in [3.8, 4) is 0 Å². The maximum atomic E-state index is 12.6. The average molecular weight is 334 g/mol. The van der Waals surface area contributed by atoms with E-state index in [9.17, 15) is 4.79 Å². The van der Waals surface area contributed by atoms with Crippen molar-refractivity contribution in [2.75, 3.05) is 7.05 Å². The van der Waals surface area contributed by atoms with Crippen LogP contribution in [0.5, 0.6) is 0 Å². The molecule has 0 saturated carbocycles. The zero-order valence-corrected chi connectivity index (χ0v) is 14.4. The molecular weight excluding hydrogens is 314 g/mol. The zero-order valence-electron chi connectivity index (χ0n) is 12.8. The largest absolute Gasteiger partial charge is 0.340 e. The Bertz CT molecular complexity index is 600. The van der Waals surface area contributed by atoms with Crippen LogP contribution in [-0.2, 0) is 11.3 Å². The molecule has 0 aliphatic rings. The minimum Gasteiger partial charge on any atom is -0.340 e. The Balaban J connectivity index is 2.00. The number of thioether (sulfide) groups is 1. The number of halogens is 1. The number of benzene rings is 2. The normalized spacial score (nSPS) is 12.0. The summed E-state index contributed by atoms with van der Waals surface area (Å²) in [6.45, 7) is 2.68. The van der Waals surface area contributed by atoms with Crippen molar-refractivity contribution in [1.29, 1.82) is 0 Å². The summed E-state index contributed by atoms with van der Waals surface area (Å²) in [5.74, 6) is 0.159. The molecule has 2 nitrogen and oxygen atoms in total. The smallest absolute Gasteiger partial charge is 0.236 e. The molecule has 2 aromatic carbocycles. The monoisotopic (exact) mass is 333 g/mol. The first-order chi connectivity index (χ1) is 10.6. The zero-order chi connectivity index (χ0) is 15.9. The highest BCUT2D eigenvalue weighted by Crippen LogP contribution is 2.28.